The maximum atomic E-state index is 12.1. The van der Waals surface area contributed by atoms with Gasteiger partial charge in [-0.3, -0.25) is 4.79 Å². The van der Waals surface area contributed by atoms with E-state index in [1.807, 2.05) is 25.2 Å². The van der Waals surface area contributed by atoms with E-state index in [1.54, 1.807) is 10.6 Å². The number of pyridine rings is 1. The second-order valence-electron chi connectivity index (χ2n) is 6.34. The highest BCUT2D eigenvalue weighted by Crippen LogP contribution is 2.22. The number of nitrogens with one attached hydrogen (secondary N) is 1. The minimum Gasteiger partial charge on any atom is -0.382 e. The summed E-state index contributed by atoms with van der Waals surface area (Å²) in [6.45, 7) is 6.70. The molecule has 3 nitrogen and oxygen atoms in total. The minimum absolute atomic E-state index is 0.0329. The van der Waals surface area contributed by atoms with E-state index in [-0.39, 0.29) is 5.56 Å². The zero-order valence-electron chi connectivity index (χ0n) is 13.5. The highest BCUT2D eigenvalue weighted by molar-refractivity contribution is 5.91. The molecule has 0 saturated carbocycles. The van der Waals surface area contributed by atoms with Crippen LogP contribution in [0.5, 0.6) is 0 Å². The molecule has 3 heteroatoms. The summed E-state index contributed by atoms with van der Waals surface area (Å²) in [5, 5.41) is 4.62. The molecule has 1 aromatic heterocycles. The van der Waals surface area contributed by atoms with Crippen molar-refractivity contribution in [2.75, 3.05) is 5.32 Å². The lowest BCUT2D eigenvalue weighted by Gasteiger charge is -2.18. The first-order valence-corrected chi connectivity index (χ1v) is 7.84. The van der Waals surface area contributed by atoms with Crippen LogP contribution in [0.4, 0.5) is 5.69 Å². The van der Waals surface area contributed by atoms with Crippen LogP contribution in [0.3, 0.4) is 0 Å². The zero-order chi connectivity index (χ0) is 15.4. The van der Waals surface area contributed by atoms with Gasteiger partial charge in [0.25, 0.3) is 5.56 Å². The Morgan fingerprint density at radius 1 is 1.14 bits per heavy atom. The number of hydrogen-bond donors (Lipinski definition) is 1. The standard InChI is InChI=1S/C18H26N2O/c1-13(2)8-7-9-14(3)19-16-12-18(21)20(4)17-11-6-5-10-15(16)17/h5-6,10-14,19H,7-9H2,1-4H3. The summed E-state index contributed by atoms with van der Waals surface area (Å²) >= 11 is 0. The number of benzene rings is 1. The number of aryl methyl sites for hydroxylation is 1. The molecule has 0 bridgehead atoms. The largest absolute Gasteiger partial charge is 0.382 e. The molecule has 1 aromatic carbocycles. The normalized spacial score (nSPS) is 12.8. The summed E-state index contributed by atoms with van der Waals surface area (Å²) in [6, 6.07) is 10.1. The fourth-order valence-electron chi connectivity index (χ4n) is 2.70. The Labute approximate surface area is 127 Å². The fourth-order valence-corrected chi connectivity index (χ4v) is 2.70. The molecule has 0 aliphatic heterocycles. The van der Waals surface area contributed by atoms with Crippen LogP contribution >= 0.6 is 0 Å². The smallest absolute Gasteiger partial charge is 0.252 e. The number of anilines is 1. The molecule has 0 radical (unpaired) electrons. The molecule has 1 N–H and O–H groups in total. The predicted molar refractivity (Wildman–Crippen MR) is 91.0 cm³/mol. The highest BCUT2D eigenvalue weighted by Gasteiger charge is 2.09. The monoisotopic (exact) mass is 286 g/mol. The van der Waals surface area contributed by atoms with Gasteiger partial charge in [-0.1, -0.05) is 44.9 Å². The highest BCUT2D eigenvalue weighted by atomic mass is 16.1. The summed E-state index contributed by atoms with van der Waals surface area (Å²) in [4.78, 5) is 12.1. The Morgan fingerprint density at radius 2 is 1.86 bits per heavy atom. The Hall–Kier alpha value is -1.77. The molecule has 0 aliphatic rings. The van der Waals surface area contributed by atoms with Crippen molar-refractivity contribution < 1.29 is 0 Å². The number of aromatic nitrogens is 1. The van der Waals surface area contributed by atoms with E-state index in [9.17, 15) is 4.79 Å². The SMILES string of the molecule is CC(C)CCCC(C)Nc1cc(=O)n(C)c2ccccc12. The number of para-hydroxylation sites is 1. The molecular weight excluding hydrogens is 260 g/mol. The third kappa shape index (κ3) is 3.87. The third-order valence-corrected chi connectivity index (χ3v) is 3.97. The van der Waals surface area contributed by atoms with Gasteiger partial charge in [0.2, 0.25) is 0 Å². The molecule has 2 rings (SSSR count). The van der Waals surface area contributed by atoms with Crippen molar-refractivity contribution in [2.24, 2.45) is 13.0 Å². The van der Waals surface area contributed by atoms with Gasteiger partial charge < -0.3 is 9.88 Å². The lowest BCUT2D eigenvalue weighted by atomic mass is 10.0. The van der Waals surface area contributed by atoms with Crippen LogP contribution in [-0.2, 0) is 7.05 Å². The first kappa shape index (κ1) is 15.6. The van der Waals surface area contributed by atoms with Crippen LogP contribution < -0.4 is 10.9 Å². The van der Waals surface area contributed by atoms with Gasteiger partial charge in [0.05, 0.1) is 5.52 Å². The number of rotatable bonds is 6. The average molecular weight is 286 g/mol. The Kier molecular flexibility index (Phi) is 5.05. The molecule has 1 atom stereocenters. The second-order valence-corrected chi connectivity index (χ2v) is 6.34. The van der Waals surface area contributed by atoms with E-state index < -0.39 is 0 Å². The molecule has 1 heterocycles. The molecule has 2 aromatic rings. The van der Waals surface area contributed by atoms with E-state index in [0.29, 0.717) is 6.04 Å². The van der Waals surface area contributed by atoms with Gasteiger partial charge in [-0.05, 0) is 25.3 Å². The third-order valence-electron chi connectivity index (χ3n) is 3.97. The predicted octanol–water partition coefficient (Wildman–Crippen LogP) is 4.17. The van der Waals surface area contributed by atoms with Crippen molar-refractivity contribution in [3.8, 4) is 0 Å². The van der Waals surface area contributed by atoms with Gasteiger partial charge in [0.1, 0.15) is 0 Å². The van der Waals surface area contributed by atoms with Crippen molar-refractivity contribution in [1.29, 1.82) is 0 Å². The quantitative estimate of drug-likeness (QED) is 0.865. The van der Waals surface area contributed by atoms with Crippen LogP contribution in [0.1, 0.15) is 40.0 Å². The van der Waals surface area contributed by atoms with Gasteiger partial charge in [0.15, 0.2) is 0 Å². The molecule has 114 valence electrons. The van der Waals surface area contributed by atoms with Crippen LogP contribution in [0.2, 0.25) is 0 Å². The van der Waals surface area contributed by atoms with Crippen molar-refractivity contribution in [1.82, 2.24) is 4.57 Å². The Balaban J connectivity index is 2.19. The molecule has 0 amide bonds. The van der Waals surface area contributed by atoms with Crippen molar-refractivity contribution >= 4 is 16.6 Å². The first-order chi connectivity index (χ1) is 9.99. The summed E-state index contributed by atoms with van der Waals surface area (Å²) in [6.07, 6.45) is 3.60. The molecule has 1 unspecified atom stereocenters. The number of nitrogens with zero attached hydrogens (tertiary/aromatic N) is 1. The van der Waals surface area contributed by atoms with E-state index in [2.05, 4.69) is 32.2 Å². The average Bonchev–Trinajstić information content (AvgIpc) is 2.44. The van der Waals surface area contributed by atoms with E-state index in [1.165, 1.54) is 12.8 Å². The molecular formula is C18H26N2O. The molecule has 0 spiro atoms. The van der Waals surface area contributed by atoms with Gasteiger partial charge in [0, 0.05) is 30.2 Å². The van der Waals surface area contributed by atoms with Gasteiger partial charge in [-0.2, -0.15) is 0 Å². The summed E-state index contributed by atoms with van der Waals surface area (Å²) < 4.78 is 1.70. The minimum atomic E-state index is 0.0329. The summed E-state index contributed by atoms with van der Waals surface area (Å²) in [5.74, 6) is 0.752. The summed E-state index contributed by atoms with van der Waals surface area (Å²) in [7, 11) is 1.82. The van der Waals surface area contributed by atoms with Crippen LogP contribution in [0.15, 0.2) is 35.1 Å². The van der Waals surface area contributed by atoms with Gasteiger partial charge in [-0.15, -0.1) is 0 Å². The Morgan fingerprint density at radius 3 is 2.57 bits per heavy atom. The van der Waals surface area contributed by atoms with Crippen molar-refractivity contribution in [3.63, 3.8) is 0 Å². The topological polar surface area (TPSA) is 34.0 Å². The molecule has 0 saturated heterocycles. The van der Waals surface area contributed by atoms with Crippen LogP contribution in [-0.4, -0.2) is 10.6 Å². The molecule has 0 fully saturated rings. The fraction of sp³-hybridized carbons (Fsp3) is 0.500. The number of fused-ring (bicyclic) bond motifs is 1. The maximum Gasteiger partial charge on any atom is 0.252 e. The first-order valence-electron chi connectivity index (χ1n) is 7.84. The van der Waals surface area contributed by atoms with Crippen molar-refractivity contribution in [3.05, 3.63) is 40.7 Å². The van der Waals surface area contributed by atoms with Crippen molar-refractivity contribution in [2.45, 2.75) is 46.1 Å². The number of hydrogen-bond acceptors (Lipinski definition) is 2. The van der Waals surface area contributed by atoms with E-state index >= 15 is 0 Å². The molecule has 0 aliphatic carbocycles. The van der Waals surface area contributed by atoms with Crippen LogP contribution in [0.25, 0.3) is 10.9 Å². The van der Waals surface area contributed by atoms with Gasteiger partial charge >= 0.3 is 0 Å². The molecule has 21 heavy (non-hydrogen) atoms. The lowest BCUT2D eigenvalue weighted by molar-refractivity contribution is 0.520. The maximum absolute atomic E-state index is 12.1. The van der Waals surface area contributed by atoms with Crippen LogP contribution in [0, 0.1) is 5.92 Å². The van der Waals surface area contributed by atoms with E-state index in [4.69, 9.17) is 0 Å². The zero-order valence-corrected chi connectivity index (χ0v) is 13.5. The van der Waals surface area contributed by atoms with Gasteiger partial charge in [-0.25, -0.2) is 0 Å². The Bertz CT molecular complexity index is 658. The summed E-state index contributed by atoms with van der Waals surface area (Å²) in [5.41, 5.74) is 1.96. The van der Waals surface area contributed by atoms with E-state index in [0.717, 1.165) is 28.9 Å². The second kappa shape index (κ2) is 6.79. The lowest BCUT2D eigenvalue weighted by Crippen LogP contribution is -2.21.